The van der Waals surface area contributed by atoms with Gasteiger partial charge in [0.2, 0.25) is 0 Å². The second-order valence-corrected chi connectivity index (χ2v) is 6.03. The normalized spacial score (nSPS) is 11.8. The first-order chi connectivity index (χ1) is 12.2. The van der Waals surface area contributed by atoms with Gasteiger partial charge in [0.05, 0.1) is 0 Å². The summed E-state index contributed by atoms with van der Waals surface area (Å²) in [5.41, 5.74) is 2.69. The number of hydrogen-bond donors (Lipinski definition) is 4. The molecule has 25 heavy (non-hydrogen) atoms. The summed E-state index contributed by atoms with van der Waals surface area (Å²) < 4.78 is 0. The smallest absolute Gasteiger partial charge is 0.323 e. The maximum absolute atomic E-state index is 12.0. The van der Waals surface area contributed by atoms with Crippen molar-refractivity contribution in [3.8, 4) is 0 Å². The van der Waals surface area contributed by atoms with Crippen LogP contribution in [0.1, 0.15) is 37.8 Å². The second-order valence-electron chi connectivity index (χ2n) is 6.03. The molecule has 0 saturated carbocycles. The number of para-hydroxylation sites is 1. The van der Waals surface area contributed by atoms with E-state index in [1.165, 1.54) is 5.56 Å². The number of carbonyl (C=O) groups excluding carboxylic acids is 1. The van der Waals surface area contributed by atoms with Crippen molar-refractivity contribution in [1.82, 2.24) is 5.32 Å². The molecule has 0 spiro atoms. The van der Waals surface area contributed by atoms with Crippen LogP contribution < -0.4 is 16.0 Å². The summed E-state index contributed by atoms with van der Waals surface area (Å²) in [6.07, 6.45) is 2.96. The van der Waals surface area contributed by atoms with Crippen LogP contribution in [0.15, 0.2) is 54.6 Å². The molecule has 1 atom stereocenters. The number of hydrogen-bond acceptors (Lipinski definition) is 3. The highest BCUT2D eigenvalue weighted by Gasteiger charge is 2.06. The lowest BCUT2D eigenvalue weighted by atomic mass is 10.1. The van der Waals surface area contributed by atoms with Gasteiger partial charge in [0.1, 0.15) is 0 Å². The molecule has 2 rings (SSSR count). The number of aliphatic hydroxyl groups excluding tert-OH is 1. The van der Waals surface area contributed by atoms with Crippen molar-refractivity contribution in [3.05, 3.63) is 60.2 Å². The van der Waals surface area contributed by atoms with Crippen molar-refractivity contribution in [2.75, 3.05) is 23.8 Å². The van der Waals surface area contributed by atoms with E-state index in [0.29, 0.717) is 0 Å². The number of nitrogens with one attached hydrogen (secondary N) is 3. The van der Waals surface area contributed by atoms with Crippen LogP contribution in [0.5, 0.6) is 0 Å². The minimum atomic E-state index is -0.256. The molecule has 0 radical (unpaired) electrons. The molecule has 134 valence electrons. The lowest BCUT2D eigenvalue weighted by Gasteiger charge is -2.15. The van der Waals surface area contributed by atoms with Gasteiger partial charge in [0, 0.05) is 24.0 Å². The minimum absolute atomic E-state index is 0.251. The summed E-state index contributed by atoms with van der Waals surface area (Å²) in [4.78, 5) is 12.0. The fraction of sp³-hybridized carbons (Fsp3) is 0.350. The highest BCUT2D eigenvalue weighted by Crippen LogP contribution is 2.16. The molecule has 0 saturated heterocycles. The Labute approximate surface area is 149 Å². The first-order valence-corrected chi connectivity index (χ1v) is 8.76. The van der Waals surface area contributed by atoms with Crippen molar-refractivity contribution in [3.63, 3.8) is 0 Å². The third-order valence-corrected chi connectivity index (χ3v) is 3.99. The van der Waals surface area contributed by atoms with E-state index < -0.39 is 0 Å². The molecule has 2 aromatic rings. The minimum Gasteiger partial charge on any atom is -0.396 e. The van der Waals surface area contributed by atoms with Crippen LogP contribution in [0.2, 0.25) is 0 Å². The molecule has 5 nitrogen and oxygen atoms in total. The Morgan fingerprint density at radius 2 is 1.56 bits per heavy atom. The van der Waals surface area contributed by atoms with E-state index in [-0.39, 0.29) is 18.7 Å². The van der Waals surface area contributed by atoms with Gasteiger partial charge >= 0.3 is 6.03 Å². The van der Waals surface area contributed by atoms with Crippen molar-refractivity contribution in [2.24, 2.45) is 0 Å². The SMILES string of the molecule is CC(NCCCCCO)c1ccc(NC(=O)Nc2ccccc2)cc1. The summed E-state index contributed by atoms with van der Waals surface area (Å²) in [6, 6.07) is 17.2. The molecule has 0 aromatic heterocycles. The molecule has 0 aliphatic heterocycles. The Morgan fingerprint density at radius 3 is 2.20 bits per heavy atom. The highest BCUT2D eigenvalue weighted by atomic mass is 16.2. The lowest BCUT2D eigenvalue weighted by molar-refractivity contribution is 0.262. The molecule has 5 heteroatoms. The average Bonchev–Trinajstić information content (AvgIpc) is 2.63. The number of rotatable bonds is 9. The molecule has 0 aliphatic rings. The van der Waals surface area contributed by atoms with E-state index in [2.05, 4.69) is 22.9 Å². The number of benzene rings is 2. The molecule has 2 aromatic carbocycles. The zero-order chi connectivity index (χ0) is 17.9. The number of urea groups is 1. The third kappa shape index (κ3) is 6.95. The first-order valence-electron chi connectivity index (χ1n) is 8.76. The molecule has 2 amide bonds. The Balaban J connectivity index is 1.77. The van der Waals surface area contributed by atoms with Crippen LogP contribution in [0, 0.1) is 0 Å². The number of carbonyl (C=O) groups is 1. The Kier molecular flexibility index (Phi) is 7.95. The van der Waals surface area contributed by atoms with E-state index in [9.17, 15) is 4.79 Å². The molecular weight excluding hydrogens is 314 g/mol. The summed E-state index contributed by atoms with van der Waals surface area (Å²) in [6.45, 7) is 3.32. The lowest BCUT2D eigenvalue weighted by Crippen LogP contribution is -2.20. The van der Waals surface area contributed by atoms with E-state index in [1.807, 2.05) is 54.6 Å². The van der Waals surface area contributed by atoms with Crippen LogP contribution in [0.4, 0.5) is 16.2 Å². The van der Waals surface area contributed by atoms with Gasteiger partial charge in [-0.1, -0.05) is 30.3 Å². The van der Waals surface area contributed by atoms with E-state index in [4.69, 9.17) is 5.11 Å². The number of amides is 2. The summed E-state index contributed by atoms with van der Waals surface area (Å²) in [5.74, 6) is 0. The predicted octanol–water partition coefficient (Wildman–Crippen LogP) is 4.14. The van der Waals surface area contributed by atoms with Gasteiger partial charge in [0.15, 0.2) is 0 Å². The predicted molar refractivity (Wildman–Crippen MR) is 103 cm³/mol. The fourth-order valence-electron chi connectivity index (χ4n) is 2.52. The maximum Gasteiger partial charge on any atom is 0.323 e. The van der Waals surface area contributed by atoms with E-state index in [0.717, 1.165) is 37.2 Å². The average molecular weight is 341 g/mol. The van der Waals surface area contributed by atoms with Crippen LogP contribution in [-0.4, -0.2) is 24.3 Å². The first kappa shape index (κ1) is 19.0. The standard InChI is InChI=1S/C20H27N3O2/c1-16(21-14-6-3-7-15-24)17-10-12-19(13-11-17)23-20(25)22-18-8-4-2-5-9-18/h2,4-5,8-13,16,21,24H,3,6-7,14-15H2,1H3,(H2,22,23,25). The van der Waals surface area contributed by atoms with Crippen LogP contribution in [-0.2, 0) is 0 Å². The van der Waals surface area contributed by atoms with Crippen LogP contribution >= 0.6 is 0 Å². The molecule has 1 unspecified atom stereocenters. The van der Waals surface area contributed by atoms with E-state index >= 15 is 0 Å². The van der Waals surface area contributed by atoms with Gasteiger partial charge in [0.25, 0.3) is 0 Å². The quantitative estimate of drug-likeness (QED) is 0.518. The molecular formula is C20H27N3O2. The zero-order valence-corrected chi connectivity index (χ0v) is 14.7. The van der Waals surface area contributed by atoms with Gasteiger partial charge in [-0.3, -0.25) is 0 Å². The molecule has 0 fully saturated rings. The molecule has 0 bridgehead atoms. The van der Waals surface area contributed by atoms with Crippen molar-refractivity contribution in [2.45, 2.75) is 32.2 Å². The Hall–Kier alpha value is -2.37. The Morgan fingerprint density at radius 1 is 0.920 bits per heavy atom. The Bertz CT molecular complexity index is 629. The highest BCUT2D eigenvalue weighted by molar-refractivity contribution is 5.99. The fourth-order valence-corrected chi connectivity index (χ4v) is 2.52. The van der Waals surface area contributed by atoms with Crippen LogP contribution in [0.3, 0.4) is 0 Å². The monoisotopic (exact) mass is 341 g/mol. The van der Waals surface area contributed by atoms with Gasteiger partial charge in [-0.2, -0.15) is 0 Å². The van der Waals surface area contributed by atoms with Crippen LogP contribution in [0.25, 0.3) is 0 Å². The molecule has 4 N–H and O–H groups in total. The second kappa shape index (κ2) is 10.5. The number of aliphatic hydroxyl groups is 1. The summed E-state index contributed by atoms with van der Waals surface area (Å²) in [7, 11) is 0. The number of anilines is 2. The largest absolute Gasteiger partial charge is 0.396 e. The summed E-state index contributed by atoms with van der Waals surface area (Å²) >= 11 is 0. The van der Waals surface area contributed by atoms with Gasteiger partial charge in [-0.15, -0.1) is 0 Å². The van der Waals surface area contributed by atoms with Crippen molar-refractivity contribution < 1.29 is 9.90 Å². The van der Waals surface area contributed by atoms with Gasteiger partial charge in [-0.05, 0) is 62.6 Å². The zero-order valence-electron chi connectivity index (χ0n) is 14.7. The molecule has 0 aliphatic carbocycles. The maximum atomic E-state index is 12.0. The third-order valence-electron chi connectivity index (χ3n) is 3.99. The van der Waals surface area contributed by atoms with Crippen molar-refractivity contribution >= 4 is 17.4 Å². The van der Waals surface area contributed by atoms with Crippen molar-refractivity contribution in [1.29, 1.82) is 0 Å². The molecule has 0 heterocycles. The topological polar surface area (TPSA) is 73.4 Å². The number of unbranched alkanes of at least 4 members (excludes halogenated alkanes) is 2. The van der Waals surface area contributed by atoms with Gasteiger partial charge in [-0.25, -0.2) is 4.79 Å². The van der Waals surface area contributed by atoms with E-state index in [1.54, 1.807) is 0 Å². The van der Waals surface area contributed by atoms with Gasteiger partial charge < -0.3 is 21.1 Å². The summed E-state index contributed by atoms with van der Waals surface area (Å²) in [5, 5.41) is 17.9.